The summed E-state index contributed by atoms with van der Waals surface area (Å²) >= 11 is 0. The van der Waals surface area contributed by atoms with E-state index >= 15 is 0 Å². The van der Waals surface area contributed by atoms with Crippen molar-refractivity contribution in [3.8, 4) is 23.2 Å². The van der Waals surface area contributed by atoms with Gasteiger partial charge in [-0.05, 0) is 43.3 Å². The van der Waals surface area contributed by atoms with Crippen molar-refractivity contribution in [3.63, 3.8) is 0 Å². The first-order chi connectivity index (χ1) is 15.0. The molecule has 1 unspecified atom stereocenters. The van der Waals surface area contributed by atoms with Crippen molar-refractivity contribution >= 4 is 5.97 Å². The highest BCUT2D eigenvalue weighted by atomic mass is 16.5. The second-order valence-corrected chi connectivity index (χ2v) is 6.84. The number of aromatic carboxylic acids is 1. The van der Waals surface area contributed by atoms with Crippen LogP contribution in [0.25, 0.3) is 11.3 Å². The van der Waals surface area contributed by atoms with Crippen molar-refractivity contribution in [2.24, 2.45) is 0 Å². The molecule has 8 nitrogen and oxygen atoms in total. The molecular weight excluding hydrogens is 396 g/mol. The minimum absolute atomic E-state index is 0.0172. The number of carboxylic acids is 1. The Hall–Kier alpha value is -4.22. The van der Waals surface area contributed by atoms with Crippen LogP contribution >= 0.6 is 0 Å². The van der Waals surface area contributed by atoms with Gasteiger partial charge in [0.1, 0.15) is 23.3 Å². The summed E-state index contributed by atoms with van der Waals surface area (Å²) in [7, 11) is 0. The van der Waals surface area contributed by atoms with Crippen LogP contribution in [0.3, 0.4) is 0 Å². The van der Waals surface area contributed by atoms with Crippen molar-refractivity contribution < 1.29 is 19.5 Å². The Labute approximate surface area is 177 Å². The monoisotopic (exact) mass is 414 g/mol. The smallest absolute Gasteiger partial charge is 0.354 e. The topological polar surface area (TPSA) is 114 Å². The molecule has 0 aliphatic rings. The van der Waals surface area contributed by atoms with Crippen molar-refractivity contribution in [2.75, 3.05) is 0 Å². The van der Waals surface area contributed by atoms with Gasteiger partial charge in [0, 0.05) is 41.3 Å². The van der Waals surface area contributed by atoms with Gasteiger partial charge in [0.15, 0.2) is 5.76 Å². The quantitative estimate of drug-likeness (QED) is 0.482. The fourth-order valence-electron chi connectivity index (χ4n) is 2.98. The Morgan fingerprint density at radius 3 is 2.55 bits per heavy atom. The third-order valence-corrected chi connectivity index (χ3v) is 4.52. The van der Waals surface area contributed by atoms with Crippen molar-refractivity contribution in [2.45, 2.75) is 19.6 Å². The van der Waals surface area contributed by atoms with Crippen LogP contribution in [0.2, 0.25) is 0 Å². The Bertz CT molecular complexity index is 1260. The lowest BCUT2D eigenvalue weighted by atomic mass is 10.1. The van der Waals surface area contributed by atoms with E-state index in [-0.39, 0.29) is 5.69 Å². The molecule has 0 fully saturated rings. The van der Waals surface area contributed by atoms with Gasteiger partial charge in [0.25, 0.3) is 0 Å². The second-order valence-electron chi connectivity index (χ2n) is 6.84. The van der Waals surface area contributed by atoms with E-state index in [2.05, 4.69) is 27.0 Å². The van der Waals surface area contributed by atoms with E-state index in [1.807, 2.05) is 34.9 Å². The molecule has 0 amide bonds. The van der Waals surface area contributed by atoms with Gasteiger partial charge in [-0.2, -0.15) is 0 Å². The standard InChI is InChI=1S/C23H18N4O4/c1-15(28)22-24-10-11-27(22)14-19-12-21(31-26-19)18-7-4-16(5-8-18)2-3-17-6-9-20(23(29)30)25-13-17/h4-13,15,28H,14H2,1H3,(H,29,30). The van der Waals surface area contributed by atoms with E-state index in [4.69, 9.17) is 9.63 Å². The van der Waals surface area contributed by atoms with Gasteiger partial charge in [-0.25, -0.2) is 14.8 Å². The predicted octanol–water partition coefficient (Wildman–Crippen LogP) is 3.13. The van der Waals surface area contributed by atoms with Crippen LogP contribution in [-0.4, -0.2) is 35.9 Å². The third kappa shape index (κ3) is 4.69. The molecule has 4 rings (SSSR count). The molecule has 8 heteroatoms. The Kier molecular flexibility index (Phi) is 5.60. The van der Waals surface area contributed by atoms with E-state index in [1.54, 1.807) is 25.4 Å². The van der Waals surface area contributed by atoms with Crippen molar-refractivity contribution in [1.29, 1.82) is 0 Å². The highest BCUT2D eigenvalue weighted by Crippen LogP contribution is 2.22. The molecule has 1 atom stereocenters. The summed E-state index contributed by atoms with van der Waals surface area (Å²) in [4.78, 5) is 18.8. The molecule has 31 heavy (non-hydrogen) atoms. The first-order valence-corrected chi connectivity index (χ1v) is 9.46. The van der Waals surface area contributed by atoms with Gasteiger partial charge < -0.3 is 19.3 Å². The van der Waals surface area contributed by atoms with Gasteiger partial charge in [0.05, 0.1) is 6.54 Å². The average Bonchev–Trinajstić information content (AvgIpc) is 3.43. The highest BCUT2D eigenvalue weighted by molar-refractivity contribution is 5.85. The number of imidazole rings is 1. The maximum atomic E-state index is 10.8. The number of carbonyl (C=O) groups is 1. The zero-order valence-electron chi connectivity index (χ0n) is 16.6. The van der Waals surface area contributed by atoms with Crippen LogP contribution in [0.4, 0.5) is 0 Å². The normalized spacial score (nSPS) is 11.5. The molecule has 0 radical (unpaired) electrons. The number of aliphatic hydroxyl groups is 1. The van der Waals surface area contributed by atoms with E-state index in [0.717, 1.165) is 16.8 Å². The van der Waals surface area contributed by atoms with Crippen molar-refractivity contribution in [3.05, 3.63) is 89.4 Å². The van der Waals surface area contributed by atoms with Crippen LogP contribution in [-0.2, 0) is 6.54 Å². The minimum atomic E-state index is -1.07. The first kappa shape index (κ1) is 20.1. The summed E-state index contributed by atoms with van der Waals surface area (Å²) in [6.45, 7) is 2.11. The number of carboxylic acid groups (broad SMARTS) is 1. The van der Waals surface area contributed by atoms with Gasteiger partial charge in [-0.15, -0.1) is 0 Å². The summed E-state index contributed by atoms with van der Waals surface area (Å²) in [5, 5.41) is 22.7. The number of benzene rings is 1. The average molecular weight is 414 g/mol. The lowest BCUT2D eigenvalue weighted by Crippen LogP contribution is -2.07. The van der Waals surface area contributed by atoms with Crippen LogP contribution in [0.5, 0.6) is 0 Å². The van der Waals surface area contributed by atoms with E-state index in [1.165, 1.54) is 12.3 Å². The number of hydrogen-bond acceptors (Lipinski definition) is 6. The van der Waals surface area contributed by atoms with E-state index in [0.29, 0.717) is 23.7 Å². The Morgan fingerprint density at radius 2 is 1.87 bits per heavy atom. The number of pyridine rings is 1. The van der Waals surface area contributed by atoms with Crippen LogP contribution in [0, 0.1) is 11.8 Å². The van der Waals surface area contributed by atoms with Gasteiger partial charge >= 0.3 is 5.97 Å². The molecule has 0 spiro atoms. The molecule has 2 N–H and O–H groups in total. The van der Waals surface area contributed by atoms with Crippen molar-refractivity contribution in [1.82, 2.24) is 19.7 Å². The zero-order valence-corrected chi connectivity index (χ0v) is 16.6. The number of nitrogens with zero attached hydrogens (tertiary/aromatic N) is 4. The molecule has 0 bridgehead atoms. The largest absolute Gasteiger partial charge is 0.477 e. The van der Waals surface area contributed by atoms with E-state index in [9.17, 15) is 9.90 Å². The Balaban J connectivity index is 1.45. The predicted molar refractivity (Wildman–Crippen MR) is 111 cm³/mol. The second kappa shape index (κ2) is 8.65. The SMILES string of the molecule is CC(O)c1nccn1Cc1cc(-c2ccc(C#Cc3ccc(C(=O)O)nc3)cc2)on1. The fraction of sp³-hybridized carbons (Fsp3) is 0.130. The van der Waals surface area contributed by atoms with E-state index < -0.39 is 12.1 Å². The number of hydrogen-bond donors (Lipinski definition) is 2. The summed E-state index contributed by atoms with van der Waals surface area (Å²) in [5.41, 5.74) is 2.99. The van der Waals surface area contributed by atoms with Crippen LogP contribution < -0.4 is 0 Å². The maximum absolute atomic E-state index is 10.8. The van der Waals surface area contributed by atoms with Gasteiger partial charge in [-0.3, -0.25) is 0 Å². The van der Waals surface area contributed by atoms with Gasteiger partial charge in [0.2, 0.25) is 0 Å². The highest BCUT2D eigenvalue weighted by Gasteiger charge is 2.12. The zero-order chi connectivity index (χ0) is 21.8. The lowest BCUT2D eigenvalue weighted by molar-refractivity contribution is 0.0690. The molecule has 0 saturated heterocycles. The molecular formula is C23H18N4O4. The summed E-state index contributed by atoms with van der Waals surface area (Å²) in [6.07, 6.45) is 4.19. The summed E-state index contributed by atoms with van der Waals surface area (Å²) in [6, 6.07) is 12.4. The summed E-state index contributed by atoms with van der Waals surface area (Å²) in [5.74, 6) is 6.11. The minimum Gasteiger partial charge on any atom is -0.477 e. The Morgan fingerprint density at radius 1 is 1.13 bits per heavy atom. The molecule has 154 valence electrons. The molecule has 0 aliphatic heterocycles. The lowest BCUT2D eigenvalue weighted by Gasteiger charge is -2.07. The maximum Gasteiger partial charge on any atom is 0.354 e. The number of aromatic nitrogens is 4. The molecule has 1 aromatic carbocycles. The first-order valence-electron chi connectivity index (χ1n) is 9.46. The molecule has 3 aromatic heterocycles. The molecule has 3 heterocycles. The fourth-order valence-corrected chi connectivity index (χ4v) is 2.98. The molecule has 0 aliphatic carbocycles. The number of aliphatic hydroxyl groups excluding tert-OH is 1. The van der Waals surface area contributed by atoms with Crippen LogP contribution in [0.15, 0.2) is 65.6 Å². The number of rotatable bonds is 5. The summed E-state index contributed by atoms with van der Waals surface area (Å²) < 4.78 is 7.28. The molecule has 0 saturated carbocycles. The third-order valence-electron chi connectivity index (χ3n) is 4.52. The molecule has 4 aromatic rings. The van der Waals surface area contributed by atoms with Gasteiger partial charge in [-0.1, -0.05) is 17.0 Å². The van der Waals surface area contributed by atoms with Crippen LogP contribution in [0.1, 0.15) is 46.2 Å².